The van der Waals surface area contributed by atoms with Gasteiger partial charge in [-0.05, 0) is 73.0 Å². The molecule has 5 rings (SSSR count). The van der Waals surface area contributed by atoms with Crippen LogP contribution in [0.25, 0.3) is 16.0 Å². The third kappa shape index (κ3) is 3.85. The Bertz CT molecular complexity index is 1510. The SMILES string of the molecule is COc1ccc(C2C(=C(O)c3ccc(F)cc3)C(=O)C(=O)N2c2nc3c(C)cc(C)cc3s2)cc1. The van der Waals surface area contributed by atoms with Gasteiger partial charge in [-0.1, -0.05) is 29.5 Å². The highest BCUT2D eigenvalue weighted by Gasteiger charge is 2.48. The molecule has 1 saturated heterocycles. The zero-order valence-electron chi connectivity index (χ0n) is 19.2. The van der Waals surface area contributed by atoms with Crippen LogP contribution in [0.3, 0.4) is 0 Å². The summed E-state index contributed by atoms with van der Waals surface area (Å²) in [5.74, 6) is -1.87. The quantitative estimate of drug-likeness (QED) is 0.227. The molecule has 1 aliphatic rings. The Morgan fingerprint density at radius 3 is 2.40 bits per heavy atom. The molecule has 8 heteroatoms. The molecule has 1 atom stereocenters. The Hall–Kier alpha value is -4.04. The lowest BCUT2D eigenvalue weighted by Gasteiger charge is -2.23. The summed E-state index contributed by atoms with van der Waals surface area (Å²) in [6.45, 7) is 3.93. The molecule has 176 valence electrons. The third-order valence-corrected chi connectivity index (χ3v) is 7.02. The second kappa shape index (κ2) is 8.63. The zero-order chi connectivity index (χ0) is 24.9. The van der Waals surface area contributed by atoms with E-state index in [0.717, 1.165) is 21.3 Å². The smallest absolute Gasteiger partial charge is 0.301 e. The lowest BCUT2D eigenvalue weighted by atomic mass is 9.95. The van der Waals surface area contributed by atoms with Gasteiger partial charge in [-0.3, -0.25) is 14.5 Å². The van der Waals surface area contributed by atoms with Crippen LogP contribution in [-0.2, 0) is 9.59 Å². The van der Waals surface area contributed by atoms with E-state index in [1.807, 2.05) is 26.0 Å². The van der Waals surface area contributed by atoms with Crippen LogP contribution >= 0.6 is 11.3 Å². The first-order chi connectivity index (χ1) is 16.8. The molecule has 2 heterocycles. The van der Waals surface area contributed by atoms with Crippen molar-refractivity contribution in [3.05, 3.63) is 94.3 Å². The van der Waals surface area contributed by atoms with Crippen molar-refractivity contribution in [1.29, 1.82) is 0 Å². The molecule has 1 aliphatic heterocycles. The second-order valence-corrected chi connectivity index (χ2v) is 9.38. The summed E-state index contributed by atoms with van der Waals surface area (Å²) < 4.78 is 19.6. The van der Waals surface area contributed by atoms with Gasteiger partial charge in [0.25, 0.3) is 5.78 Å². The number of hydrogen-bond acceptors (Lipinski definition) is 6. The summed E-state index contributed by atoms with van der Waals surface area (Å²) in [5, 5.41) is 11.5. The number of carbonyl (C=O) groups is 2. The van der Waals surface area contributed by atoms with Crippen molar-refractivity contribution in [1.82, 2.24) is 4.98 Å². The molecule has 0 bridgehead atoms. The number of thiazole rings is 1. The Labute approximate surface area is 204 Å². The van der Waals surface area contributed by atoms with Crippen molar-refractivity contribution in [3.63, 3.8) is 0 Å². The fraction of sp³-hybridized carbons (Fsp3) is 0.148. The van der Waals surface area contributed by atoms with Crippen molar-refractivity contribution in [2.75, 3.05) is 12.0 Å². The van der Waals surface area contributed by atoms with Crippen LogP contribution < -0.4 is 9.64 Å². The van der Waals surface area contributed by atoms with E-state index < -0.39 is 23.5 Å². The average Bonchev–Trinajstić information content (AvgIpc) is 3.38. The highest BCUT2D eigenvalue weighted by molar-refractivity contribution is 7.22. The van der Waals surface area contributed by atoms with Gasteiger partial charge in [0, 0.05) is 5.56 Å². The fourth-order valence-corrected chi connectivity index (χ4v) is 5.53. The van der Waals surface area contributed by atoms with Gasteiger partial charge in [0.2, 0.25) is 0 Å². The number of ether oxygens (including phenoxy) is 1. The number of carbonyl (C=O) groups excluding carboxylic acids is 2. The largest absolute Gasteiger partial charge is 0.507 e. The Balaban J connectivity index is 1.73. The van der Waals surface area contributed by atoms with Crippen LogP contribution in [0.2, 0.25) is 0 Å². The van der Waals surface area contributed by atoms with Gasteiger partial charge in [-0.25, -0.2) is 9.37 Å². The summed E-state index contributed by atoms with van der Waals surface area (Å²) in [6, 6.07) is 15.1. The number of methoxy groups -OCH3 is 1. The first kappa shape index (κ1) is 22.7. The summed E-state index contributed by atoms with van der Waals surface area (Å²) >= 11 is 1.31. The van der Waals surface area contributed by atoms with Crippen molar-refractivity contribution in [2.24, 2.45) is 0 Å². The molecule has 1 unspecified atom stereocenters. The maximum atomic E-state index is 13.5. The number of anilines is 1. The van der Waals surface area contributed by atoms with Gasteiger partial charge in [-0.15, -0.1) is 0 Å². The monoisotopic (exact) mass is 488 g/mol. The standard InChI is InChI=1S/C27H21FN2O4S/c1-14-12-15(2)22-20(13-14)35-27(29-22)30-23(16-6-10-19(34-3)11-7-16)21(25(32)26(30)33)24(31)17-4-8-18(28)9-5-17/h4-13,23,31H,1-3H3. The normalized spacial score (nSPS) is 17.4. The van der Waals surface area contributed by atoms with E-state index in [4.69, 9.17) is 9.72 Å². The Morgan fingerprint density at radius 1 is 1.06 bits per heavy atom. The van der Waals surface area contributed by atoms with E-state index in [2.05, 4.69) is 0 Å². The van der Waals surface area contributed by atoms with Gasteiger partial charge < -0.3 is 9.84 Å². The summed E-state index contributed by atoms with van der Waals surface area (Å²) in [5.41, 5.74) is 3.53. The number of amides is 1. The number of benzene rings is 3. The number of hydrogen-bond donors (Lipinski definition) is 1. The molecular formula is C27H21FN2O4S. The van der Waals surface area contributed by atoms with Crippen LogP contribution in [-0.4, -0.2) is 28.9 Å². The Morgan fingerprint density at radius 2 is 1.74 bits per heavy atom. The number of aromatic nitrogens is 1. The zero-order valence-corrected chi connectivity index (χ0v) is 20.0. The predicted molar refractivity (Wildman–Crippen MR) is 133 cm³/mol. The highest BCUT2D eigenvalue weighted by Crippen LogP contribution is 2.45. The number of Topliss-reactive ketones (excluding diaryl/α,β-unsaturated/α-hetero) is 1. The van der Waals surface area contributed by atoms with Gasteiger partial charge >= 0.3 is 5.91 Å². The number of nitrogens with zero attached hydrogens (tertiary/aromatic N) is 2. The van der Waals surface area contributed by atoms with Crippen molar-refractivity contribution < 1.29 is 23.8 Å². The summed E-state index contributed by atoms with van der Waals surface area (Å²) in [4.78, 5) is 32.7. The van der Waals surface area contributed by atoms with Crippen LogP contribution in [0, 0.1) is 19.7 Å². The maximum absolute atomic E-state index is 13.5. The number of ketones is 1. The van der Waals surface area contributed by atoms with Crippen molar-refractivity contribution >= 4 is 44.1 Å². The number of halogens is 1. The fourth-order valence-electron chi connectivity index (χ4n) is 4.36. The molecule has 6 nitrogen and oxygen atoms in total. The molecule has 1 fully saturated rings. The van der Waals surface area contributed by atoms with Gasteiger partial charge in [0.15, 0.2) is 5.13 Å². The summed E-state index contributed by atoms with van der Waals surface area (Å²) in [7, 11) is 1.54. The number of fused-ring (bicyclic) bond motifs is 1. The number of aliphatic hydroxyl groups excluding tert-OH is 1. The molecular weight excluding hydrogens is 467 g/mol. The molecule has 0 saturated carbocycles. The molecule has 0 spiro atoms. The molecule has 1 N–H and O–H groups in total. The van der Waals surface area contributed by atoms with Crippen LogP contribution in [0.5, 0.6) is 5.75 Å². The van der Waals surface area contributed by atoms with E-state index in [0.29, 0.717) is 16.4 Å². The van der Waals surface area contributed by atoms with Gasteiger partial charge in [0.05, 0.1) is 28.9 Å². The molecule has 1 amide bonds. The molecule has 3 aromatic carbocycles. The van der Waals surface area contributed by atoms with Crippen LogP contribution in [0.4, 0.5) is 9.52 Å². The van der Waals surface area contributed by atoms with E-state index in [1.54, 1.807) is 31.4 Å². The van der Waals surface area contributed by atoms with E-state index in [1.165, 1.54) is 40.5 Å². The van der Waals surface area contributed by atoms with Crippen LogP contribution in [0.15, 0.2) is 66.2 Å². The lowest BCUT2D eigenvalue weighted by Crippen LogP contribution is -2.29. The minimum atomic E-state index is -0.923. The topological polar surface area (TPSA) is 79.7 Å². The van der Waals surface area contributed by atoms with Crippen molar-refractivity contribution in [3.8, 4) is 5.75 Å². The molecule has 0 aliphatic carbocycles. The number of rotatable bonds is 4. The average molecular weight is 489 g/mol. The van der Waals surface area contributed by atoms with E-state index in [9.17, 15) is 19.1 Å². The van der Waals surface area contributed by atoms with Crippen LogP contribution in [0.1, 0.15) is 28.3 Å². The first-order valence-corrected chi connectivity index (χ1v) is 11.7. The second-order valence-electron chi connectivity index (χ2n) is 8.37. The summed E-state index contributed by atoms with van der Waals surface area (Å²) in [6.07, 6.45) is 0. The number of aryl methyl sites for hydroxylation is 2. The number of aliphatic hydroxyl groups is 1. The Kier molecular flexibility index (Phi) is 5.61. The highest BCUT2D eigenvalue weighted by atomic mass is 32.1. The molecule has 35 heavy (non-hydrogen) atoms. The molecule has 1 aromatic heterocycles. The van der Waals surface area contributed by atoms with Gasteiger partial charge in [0.1, 0.15) is 17.3 Å². The van der Waals surface area contributed by atoms with Gasteiger partial charge in [-0.2, -0.15) is 0 Å². The lowest BCUT2D eigenvalue weighted by molar-refractivity contribution is -0.132. The van der Waals surface area contributed by atoms with E-state index in [-0.39, 0.29) is 16.9 Å². The minimum Gasteiger partial charge on any atom is -0.507 e. The third-order valence-electron chi connectivity index (χ3n) is 6.02. The maximum Gasteiger partial charge on any atom is 0.301 e. The molecule has 4 aromatic rings. The van der Waals surface area contributed by atoms with E-state index >= 15 is 0 Å². The predicted octanol–water partition coefficient (Wildman–Crippen LogP) is 5.69. The first-order valence-electron chi connectivity index (χ1n) is 10.9. The molecule has 0 radical (unpaired) electrons. The minimum absolute atomic E-state index is 0.0843. The van der Waals surface area contributed by atoms with Crippen molar-refractivity contribution in [2.45, 2.75) is 19.9 Å².